The van der Waals surface area contributed by atoms with Gasteiger partial charge in [0.25, 0.3) is 5.91 Å². The Labute approximate surface area is 315 Å². The molecule has 1 amide bonds. The number of esters is 1. The molecule has 0 bridgehead atoms. The molecule has 5 heterocycles. The van der Waals surface area contributed by atoms with Crippen LogP contribution in [0.4, 0.5) is 10.6 Å². The van der Waals surface area contributed by atoms with Gasteiger partial charge in [-0.2, -0.15) is 5.10 Å². The van der Waals surface area contributed by atoms with Crippen LogP contribution in [-0.2, 0) is 16.0 Å². The van der Waals surface area contributed by atoms with Gasteiger partial charge >= 0.3 is 12.1 Å². The molecule has 0 radical (unpaired) electrons. The maximum atomic E-state index is 13.5. The fourth-order valence-corrected chi connectivity index (χ4v) is 6.30. The Bertz CT molecular complexity index is 2230. The van der Waals surface area contributed by atoms with Gasteiger partial charge in [-0.25, -0.2) is 24.1 Å². The number of hydrogen-bond acceptors (Lipinski definition) is 9. The van der Waals surface area contributed by atoms with Crippen LogP contribution in [0.1, 0.15) is 106 Å². The van der Waals surface area contributed by atoms with E-state index in [0.717, 1.165) is 48.0 Å². The topological polar surface area (TPSA) is 133 Å². The molecule has 12 heteroatoms. The van der Waals surface area contributed by atoms with Crippen molar-refractivity contribution in [1.29, 1.82) is 0 Å². The molecule has 1 aliphatic heterocycles. The summed E-state index contributed by atoms with van der Waals surface area (Å²) in [6, 6.07) is 16.2. The second-order valence-electron chi connectivity index (χ2n) is 15.5. The van der Waals surface area contributed by atoms with E-state index >= 15 is 0 Å². The van der Waals surface area contributed by atoms with Crippen LogP contribution in [0.2, 0.25) is 0 Å². The minimum atomic E-state index is -0.670. The van der Waals surface area contributed by atoms with Gasteiger partial charge in [0.1, 0.15) is 28.4 Å². The van der Waals surface area contributed by atoms with Crippen molar-refractivity contribution in [2.45, 2.75) is 91.0 Å². The molecule has 280 valence electrons. The number of hydrogen-bond donors (Lipinski definition) is 1. The third kappa shape index (κ3) is 9.40. The van der Waals surface area contributed by atoms with Crippen molar-refractivity contribution in [3.8, 4) is 23.0 Å². The number of ether oxygens (including phenoxy) is 2. The zero-order chi connectivity index (χ0) is 38.6. The molecule has 12 nitrogen and oxygen atoms in total. The zero-order valence-corrected chi connectivity index (χ0v) is 32.0. The fraction of sp³-hybridized carbons (Fsp3) is 0.381. The number of aromatic nitrogens is 5. The highest BCUT2D eigenvalue weighted by atomic mass is 16.6. The number of pyridine rings is 2. The number of likely N-dealkylation sites (tertiary alicyclic amines) is 1. The Morgan fingerprint density at radius 1 is 0.944 bits per heavy atom. The van der Waals surface area contributed by atoms with Crippen molar-refractivity contribution in [3.05, 3.63) is 95.8 Å². The van der Waals surface area contributed by atoms with Crippen LogP contribution < -0.4 is 5.32 Å². The second-order valence-corrected chi connectivity index (χ2v) is 15.5. The van der Waals surface area contributed by atoms with Gasteiger partial charge in [0, 0.05) is 53.6 Å². The Kier molecular flexibility index (Phi) is 11.0. The number of unbranched alkanes of at least 4 members (excludes halogenated alkanes) is 1. The average Bonchev–Trinajstić information content (AvgIpc) is 3.85. The molecule has 1 aromatic carbocycles. The summed E-state index contributed by atoms with van der Waals surface area (Å²) in [6.45, 7) is 12.6. The zero-order valence-electron chi connectivity index (χ0n) is 32.0. The van der Waals surface area contributed by atoms with E-state index in [2.05, 4.69) is 44.2 Å². The Balaban J connectivity index is 1.07. The fourth-order valence-electron chi connectivity index (χ4n) is 6.30. The van der Waals surface area contributed by atoms with Gasteiger partial charge < -0.3 is 14.8 Å². The minimum Gasteiger partial charge on any atom is -0.455 e. The van der Waals surface area contributed by atoms with Gasteiger partial charge in [-0.15, -0.1) is 0 Å². The van der Waals surface area contributed by atoms with Crippen LogP contribution in [0.5, 0.6) is 0 Å². The first-order valence-corrected chi connectivity index (χ1v) is 18.2. The van der Waals surface area contributed by atoms with Crippen molar-refractivity contribution >= 4 is 34.7 Å². The molecule has 6 rings (SSSR count). The highest BCUT2D eigenvalue weighted by Crippen LogP contribution is 2.35. The molecule has 1 aliphatic rings. The number of rotatable bonds is 8. The molecular weight excluding hydrogens is 683 g/mol. The first-order chi connectivity index (χ1) is 25.6. The van der Waals surface area contributed by atoms with Crippen LogP contribution in [0.15, 0.2) is 73.2 Å². The number of nitrogens with zero attached hydrogens (tertiary/aromatic N) is 6. The Morgan fingerprint density at radius 2 is 1.70 bits per heavy atom. The average molecular weight is 730 g/mol. The van der Waals surface area contributed by atoms with E-state index < -0.39 is 23.3 Å². The predicted octanol–water partition coefficient (Wildman–Crippen LogP) is 7.88. The molecule has 0 aliphatic carbocycles. The lowest BCUT2D eigenvalue weighted by Crippen LogP contribution is -2.30. The lowest BCUT2D eigenvalue weighted by atomic mass is 10.1. The Morgan fingerprint density at radius 3 is 2.41 bits per heavy atom. The second kappa shape index (κ2) is 15.7. The molecule has 5 aromatic rings. The summed E-state index contributed by atoms with van der Waals surface area (Å²) in [6.07, 6.45) is 8.37. The summed E-state index contributed by atoms with van der Waals surface area (Å²) < 4.78 is 14.7. The number of aryl methyl sites for hydroxylation is 1. The standard InChI is InChI=1S/C42H47N7O5/c1-41(2,3)53-39(51)33-15-11-14-32(45-33)13-9-8-10-22-48-27-31(26-44-48)28-17-19-29(20-18-28)38(50)46-37-24-35-30(25-43-37)23-36(34-16-12-21-47(34)7)49(35)40(52)54-42(4,5)6/h11,14-15,17-20,23-27,34H,8,10,12,16,21-22H2,1-7H3,(H,43,46,50)/t34-/m1/s1. The smallest absolute Gasteiger partial charge is 0.419 e. The van der Waals surface area contributed by atoms with Crippen LogP contribution in [0.3, 0.4) is 0 Å². The summed E-state index contributed by atoms with van der Waals surface area (Å²) >= 11 is 0. The number of nitrogens with one attached hydrogen (secondary N) is 1. The largest absolute Gasteiger partial charge is 0.455 e. The molecule has 4 aromatic heterocycles. The van der Waals surface area contributed by atoms with Gasteiger partial charge in [0.15, 0.2) is 0 Å². The molecule has 1 saturated heterocycles. The molecule has 0 saturated carbocycles. The first-order valence-electron chi connectivity index (χ1n) is 18.2. The summed E-state index contributed by atoms with van der Waals surface area (Å²) in [5.74, 6) is 5.70. The van der Waals surface area contributed by atoms with E-state index in [1.807, 2.05) is 70.6 Å². The maximum Gasteiger partial charge on any atom is 0.419 e. The van der Waals surface area contributed by atoms with E-state index in [1.165, 1.54) is 0 Å². The predicted molar refractivity (Wildman–Crippen MR) is 207 cm³/mol. The lowest BCUT2D eigenvalue weighted by Gasteiger charge is -2.24. The summed E-state index contributed by atoms with van der Waals surface area (Å²) in [7, 11) is 2.06. The third-order valence-corrected chi connectivity index (χ3v) is 8.77. The van der Waals surface area contributed by atoms with Crippen LogP contribution in [-0.4, -0.2) is 72.0 Å². The molecule has 0 unspecified atom stereocenters. The first kappa shape index (κ1) is 37.9. The number of carbonyl (C=O) groups is 3. The SMILES string of the molecule is CN1CCC[C@@H]1c1cc2cnc(NC(=O)c3ccc(-c4cnn(CCCC#Cc5cccc(C(=O)OC(C)(C)C)n5)c4)cc3)cc2n1C(=O)OC(C)(C)C. The maximum absolute atomic E-state index is 13.5. The molecule has 54 heavy (non-hydrogen) atoms. The van der Waals surface area contributed by atoms with Gasteiger partial charge in [0.05, 0.1) is 17.8 Å². The number of benzene rings is 1. The van der Waals surface area contributed by atoms with Crippen LogP contribution >= 0.6 is 0 Å². The van der Waals surface area contributed by atoms with Crippen molar-refractivity contribution in [2.75, 3.05) is 18.9 Å². The summed E-state index contributed by atoms with van der Waals surface area (Å²) in [5.41, 5.74) is 3.29. The quantitative estimate of drug-likeness (QED) is 0.0962. The number of fused-ring (bicyclic) bond motifs is 1. The van der Waals surface area contributed by atoms with Gasteiger partial charge in [0.2, 0.25) is 0 Å². The summed E-state index contributed by atoms with van der Waals surface area (Å²) in [5, 5.41) is 8.19. The lowest BCUT2D eigenvalue weighted by molar-refractivity contribution is 0.00623. The van der Waals surface area contributed by atoms with Crippen molar-refractivity contribution < 1.29 is 23.9 Å². The number of anilines is 1. The van der Waals surface area contributed by atoms with Gasteiger partial charge in [-0.1, -0.05) is 24.1 Å². The van der Waals surface area contributed by atoms with Crippen molar-refractivity contribution in [1.82, 2.24) is 29.2 Å². The highest BCUT2D eigenvalue weighted by Gasteiger charge is 2.31. The third-order valence-electron chi connectivity index (χ3n) is 8.77. The molecular formula is C42H47N7O5. The van der Waals surface area contributed by atoms with E-state index in [1.54, 1.807) is 53.4 Å². The molecule has 1 fully saturated rings. The van der Waals surface area contributed by atoms with E-state index in [-0.39, 0.29) is 17.6 Å². The monoisotopic (exact) mass is 729 g/mol. The number of carbonyl (C=O) groups excluding carboxylic acids is 3. The van der Waals surface area contributed by atoms with E-state index in [0.29, 0.717) is 35.6 Å². The number of amides is 1. The van der Waals surface area contributed by atoms with Crippen LogP contribution in [0, 0.1) is 11.8 Å². The van der Waals surface area contributed by atoms with Gasteiger partial charge in [-0.05, 0) is 116 Å². The highest BCUT2D eigenvalue weighted by molar-refractivity contribution is 6.05. The molecule has 0 spiro atoms. The normalized spacial score (nSPS) is 14.8. The van der Waals surface area contributed by atoms with E-state index in [4.69, 9.17) is 9.47 Å². The Hall–Kier alpha value is -5.80. The van der Waals surface area contributed by atoms with Crippen molar-refractivity contribution in [3.63, 3.8) is 0 Å². The van der Waals surface area contributed by atoms with Gasteiger partial charge in [-0.3, -0.25) is 14.4 Å². The molecule has 1 atom stereocenters. The minimum absolute atomic E-state index is 0.0780. The van der Waals surface area contributed by atoms with Crippen molar-refractivity contribution in [2.24, 2.45) is 0 Å². The molecule has 1 N–H and O–H groups in total. The summed E-state index contributed by atoms with van der Waals surface area (Å²) in [4.78, 5) is 50.2. The van der Waals surface area contributed by atoms with Crippen LogP contribution in [0.25, 0.3) is 22.0 Å². The van der Waals surface area contributed by atoms with E-state index in [9.17, 15) is 14.4 Å².